The van der Waals surface area contributed by atoms with Crippen molar-refractivity contribution in [1.82, 2.24) is 15.0 Å². The number of halogens is 1. The molecule has 1 aromatic heterocycles. The van der Waals surface area contributed by atoms with Crippen molar-refractivity contribution in [2.24, 2.45) is 5.92 Å². The number of anilines is 3. The van der Waals surface area contributed by atoms with Gasteiger partial charge in [0.25, 0.3) is 5.91 Å². The summed E-state index contributed by atoms with van der Waals surface area (Å²) in [6.07, 6.45) is -0.617. The van der Waals surface area contributed by atoms with E-state index in [1.54, 1.807) is 50.9 Å². The van der Waals surface area contributed by atoms with Crippen LogP contribution in [0.2, 0.25) is 0 Å². The van der Waals surface area contributed by atoms with E-state index in [9.17, 15) is 23.9 Å². The number of aliphatic hydroxyl groups is 1. The van der Waals surface area contributed by atoms with Crippen molar-refractivity contribution in [3.05, 3.63) is 65.3 Å². The SMILES string of the molecule is Cc1noc(C)c1NC(=O)N(C)C[C@@H]1Oc2c(NC(=O)Nc3ccc(F)cc3)cccc2C(=O)N([C@@H](C)CO)C[C@H]1C. The number of urea groups is 2. The van der Waals surface area contributed by atoms with Crippen LogP contribution in [-0.4, -0.2) is 76.9 Å². The van der Waals surface area contributed by atoms with Crippen LogP contribution in [0.5, 0.6) is 5.75 Å². The Labute approximate surface area is 242 Å². The van der Waals surface area contributed by atoms with E-state index in [1.807, 2.05) is 6.92 Å². The maximum atomic E-state index is 13.7. The van der Waals surface area contributed by atoms with Crippen molar-refractivity contribution in [2.45, 2.75) is 39.8 Å². The lowest BCUT2D eigenvalue weighted by Crippen LogP contribution is -2.50. The van der Waals surface area contributed by atoms with E-state index in [-0.39, 0.29) is 48.5 Å². The van der Waals surface area contributed by atoms with Crippen LogP contribution in [-0.2, 0) is 0 Å². The summed E-state index contributed by atoms with van der Waals surface area (Å²) in [7, 11) is 1.61. The predicted molar refractivity (Wildman–Crippen MR) is 154 cm³/mol. The number of para-hydroxylation sites is 1. The highest BCUT2D eigenvalue weighted by Crippen LogP contribution is 2.35. The monoisotopic (exact) mass is 582 g/mol. The van der Waals surface area contributed by atoms with Crippen molar-refractivity contribution < 1.29 is 33.1 Å². The van der Waals surface area contributed by atoms with Crippen LogP contribution < -0.4 is 20.7 Å². The lowest BCUT2D eigenvalue weighted by atomic mass is 9.99. The number of ether oxygens (including phenoxy) is 1. The van der Waals surface area contributed by atoms with E-state index in [2.05, 4.69) is 21.1 Å². The van der Waals surface area contributed by atoms with Crippen LogP contribution in [0.15, 0.2) is 47.0 Å². The minimum Gasteiger partial charge on any atom is -0.485 e. The van der Waals surface area contributed by atoms with Gasteiger partial charge in [-0.25, -0.2) is 14.0 Å². The summed E-state index contributed by atoms with van der Waals surface area (Å²) in [5.74, 6) is -0.497. The van der Waals surface area contributed by atoms with Crippen LogP contribution in [0, 0.1) is 25.6 Å². The molecule has 0 bridgehead atoms. The van der Waals surface area contributed by atoms with Gasteiger partial charge in [-0.1, -0.05) is 18.1 Å². The molecule has 5 amide bonds. The number of aliphatic hydroxyl groups excluding tert-OH is 1. The fourth-order valence-corrected chi connectivity index (χ4v) is 4.59. The Morgan fingerprint density at radius 3 is 2.52 bits per heavy atom. The number of fused-ring (bicyclic) bond motifs is 1. The number of likely N-dealkylation sites (N-methyl/N-ethyl adjacent to an activating group) is 1. The maximum absolute atomic E-state index is 13.7. The zero-order chi connectivity index (χ0) is 30.6. The highest BCUT2D eigenvalue weighted by molar-refractivity contribution is 6.04. The number of hydrogen-bond acceptors (Lipinski definition) is 7. The number of aromatic nitrogens is 1. The fourth-order valence-electron chi connectivity index (χ4n) is 4.59. The van der Waals surface area contributed by atoms with Crippen molar-refractivity contribution >= 4 is 35.0 Å². The molecule has 0 spiro atoms. The Morgan fingerprint density at radius 1 is 1.17 bits per heavy atom. The second kappa shape index (κ2) is 12.9. The van der Waals surface area contributed by atoms with Gasteiger partial charge in [-0.3, -0.25) is 4.79 Å². The third kappa shape index (κ3) is 6.79. The summed E-state index contributed by atoms with van der Waals surface area (Å²) in [5, 5.41) is 21.9. The Kier molecular flexibility index (Phi) is 9.31. The molecule has 0 unspecified atom stereocenters. The fraction of sp³-hybridized carbons (Fsp3) is 0.379. The number of benzene rings is 2. The summed E-state index contributed by atoms with van der Waals surface area (Å²) < 4.78 is 24.8. The van der Waals surface area contributed by atoms with Gasteiger partial charge in [-0.05, 0) is 57.2 Å². The molecule has 4 rings (SSSR count). The largest absolute Gasteiger partial charge is 0.485 e. The molecule has 3 atom stereocenters. The van der Waals surface area contributed by atoms with Crippen LogP contribution in [0.25, 0.3) is 0 Å². The van der Waals surface area contributed by atoms with E-state index in [0.717, 1.165) is 0 Å². The minimum absolute atomic E-state index is 0.126. The Bertz CT molecular complexity index is 1430. The van der Waals surface area contributed by atoms with Gasteiger partial charge in [0.2, 0.25) is 0 Å². The van der Waals surface area contributed by atoms with Gasteiger partial charge in [-0.2, -0.15) is 0 Å². The predicted octanol–water partition coefficient (Wildman–Crippen LogP) is 4.46. The van der Waals surface area contributed by atoms with Crippen LogP contribution in [0.4, 0.5) is 31.0 Å². The molecule has 2 aromatic carbocycles. The first kappa shape index (κ1) is 30.3. The highest BCUT2D eigenvalue weighted by atomic mass is 19.1. The molecule has 13 heteroatoms. The van der Waals surface area contributed by atoms with Gasteiger partial charge in [-0.15, -0.1) is 0 Å². The molecule has 224 valence electrons. The normalized spacial score (nSPS) is 17.3. The van der Waals surface area contributed by atoms with Crippen molar-refractivity contribution in [1.29, 1.82) is 0 Å². The molecule has 2 heterocycles. The lowest BCUT2D eigenvalue weighted by Gasteiger charge is -2.38. The lowest BCUT2D eigenvalue weighted by molar-refractivity contribution is 0.0373. The first-order chi connectivity index (χ1) is 20.0. The maximum Gasteiger partial charge on any atom is 0.323 e. The van der Waals surface area contributed by atoms with E-state index in [1.165, 1.54) is 29.2 Å². The average Bonchev–Trinajstić information content (AvgIpc) is 3.28. The molecule has 0 radical (unpaired) electrons. The minimum atomic E-state index is -0.630. The van der Waals surface area contributed by atoms with E-state index < -0.39 is 30.0 Å². The summed E-state index contributed by atoms with van der Waals surface area (Å²) in [5.41, 5.74) is 1.80. The smallest absolute Gasteiger partial charge is 0.323 e. The second-order valence-electron chi connectivity index (χ2n) is 10.4. The van der Waals surface area contributed by atoms with Crippen molar-refractivity contribution in [2.75, 3.05) is 42.7 Å². The standard InChI is InChI=1S/C29H35FN6O6/c1-16-13-36(17(2)15-37)27(38)22-7-6-8-23(32-28(39)31-21-11-9-20(30)10-12-21)26(22)41-24(16)14-35(5)29(40)33-25-18(3)34-42-19(25)4/h6-12,16-17,24,37H,13-15H2,1-5H3,(H,33,40)(H2,31,32,39)/t16-,17+,24+/m1/s1. The molecular weight excluding hydrogens is 547 g/mol. The number of nitrogens with one attached hydrogen (secondary N) is 3. The highest BCUT2D eigenvalue weighted by Gasteiger charge is 2.35. The third-order valence-electron chi connectivity index (χ3n) is 7.11. The molecule has 0 fully saturated rings. The number of hydrogen-bond donors (Lipinski definition) is 4. The number of nitrogens with zero attached hydrogens (tertiary/aromatic N) is 3. The van der Waals surface area contributed by atoms with Gasteiger partial charge in [0.1, 0.15) is 23.3 Å². The van der Waals surface area contributed by atoms with Crippen LogP contribution in [0.3, 0.4) is 0 Å². The Balaban J connectivity index is 1.62. The van der Waals surface area contributed by atoms with Gasteiger partial charge in [0.15, 0.2) is 11.5 Å². The quantitative estimate of drug-likeness (QED) is 0.321. The van der Waals surface area contributed by atoms with E-state index in [0.29, 0.717) is 22.8 Å². The first-order valence-electron chi connectivity index (χ1n) is 13.5. The summed E-state index contributed by atoms with van der Waals surface area (Å²) in [6.45, 7) is 7.17. The second-order valence-corrected chi connectivity index (χ2v) is 10.4. The molecule has 3 aromatic rings. The summed E-state index contributed by atoms with van der Waals surface area (Å²) in [6, 6.07) is 8.52. The summed E-state index contributed by atoms with van der Waals surface area (Å²) in [4.78, 5) is 42.6. The Morgan fingerprint density at radius 2 is 1.88 bits per heavy atom. The molecule has 42 heavy (non-hydrogen) atoms. The third-order valence-corrected chi connectivity index (χ3v) is 7.11. The number of carbonyl (C=O) groups is 3. The first-order valence-corrected chi connectivity index (χ1v) is 13.5. The topological polar surface area (TPSA) is 149 Å². The number of rotatable bonds is 7. The number of aryl methyl sites for hydroxylation is 2. The zero-order valence-electron chi connectivity index (χ0n) is 24.1. The van der Waals surface area contributed by atoms with Crippen molar-refractivity contribution in [3.8, 4) is 5.75 Å². The molecule has 1 aliphatic rings. The molecule has 12 nitrogen and oxygen atoms in total. The Hall–Kier alpha value is -4.65. The van der Waals surface area contributed by atoms with E-state index in [4.69, 9.17) is 9.26 Å². The van der Waals surface area contributed by atoms with Crippen LogP contribution >= 0.6 is 0 Å². The van der Waals surface area contributed by atoms with Crippen LogP contribution in [0.1, 0.15) is 35.7 Å². The number of amides is 5. The average molecular weight is 583 g/mol. The van der Waals surface area contributed by atoms with Gasteiger partial charge < -0.3 is 40.1 Å². The van der Waals surface area contributed by atoms with Gasteiger partial charge in [0, 0.05) is 25.2 Å². The number of carbonyl (C=O) groups excluding carboxylic acids is 3. The molecule has 1 aliphatic heterocycles. The van der Waals surface area contributed by atoms with Crippen molar-refractivity contribution in [3.63, 3.8) is 0 Å². The molecular formula is C29H35FN6O6. The molecule has 0 saturated heterocycles. The van der Waals surface area contributed by atoms with E-state index >= 15 is 0 Å². The molecule has 4 N–H and O–H groups in total. The molecule has 0 saturated carbocycles. The molecule has 0 aliphatic carbocycles. The summed E-state index contributed by atoms with van der Waals surface area (Å²) >= 11 is 0. The zero-order valence-corrected chi connectivity index (χ0v) is 24.1. The van der Waals surface area contributed by atoms with Gasteiger partial charge >= 0.3 is 12.1 Å². The van der Waals surface area contributed by atoms with Gasteiger partial charge in [0.05, 0.1) is 30.4 Å².